The number of hydrogen-bond acceptors (Lipinski definition) is 3. The zero-order valence-corrected chi connectivity index (χ0v) is 15.4. The highest BCUT2D eigenvalue weighted by Crippen LogP contribution is 2.30. The second-order valence-electron chi connectivity index (χ2n) is 6.37. The minimum Gasteiger partial charge on any atom is -0.342 e. The van der Waals surface area contributed by atoms with Gasteiger partial charge in [0.05, 0.1) is 10.8 Å². The summed E-state index contributed by atoms with van der Waals surface area (Å²) in [6.45, 7) is 2.86. The third-order valence-electron chi connectivity index (χ3n) is 4.48. The van der Waals surface area contributed by atoms with Crippen LogP contribution in [0, 0.1) is 5.92 Å². The van der Waals surface area contributed by atoms with Crippen LogP contribution in [0.3, 0.4) is 0 Å². The van der Waals surface area contributed by atoms with E-state index < -0.39 is 0 Å². The Kier molecular flexibility index (Phi) is 6.13. The standard InChI is InChI=1S/C17H22Cl2N2OS/c18-13-3-4-15(19)16(9-13)23-11-17(22)21-7-5-14(6-8-21)20-10-12-1-2-12/h3-4,9,12,14,20H,1-2,5-8,10-11H2. The highest BCUT2D eigenvalue weighted by atomic mass is 35.5. The number of nitrogens with zero attached hydrogens (tertiary/aromatic N) is 1. The molecule has 0 aromatic heterocycles. The van der Waals surface area contributed by atoms with E-state index in [1.165, 1.54) is 24.6 Å². The molecule has 0 unspecified atom stereocenters. The maximum atomic E-state index is 12.4. The quantitative estimate of drug-likeness (QED) is 0.763. The SMILES string of the molecule is O=C(CSc1cc(Cl)ccc1Cl)N1CCC(NCC2CC2)CC1. The van der Waals surface area contributed by atoms with Gasteiger partial charge in [-0.1, -0.05) is 23.2 Å². The summed E-state index contributed by atoms with van der Waals surface area (Å²) in [4.78, 5) is 15.2. The predicted molar refractivity (Wildman–Crippen MR) is 97.5 cm³/mol. The third kappa shape index (κ3) is 5.28. The molecule has 1 saturated heterocycles. The third-order valence-corrected chi connectivity index (χ3v) is 6.20. The normalized spacial score (nSPS) is 19.1. The Bertz CT molecular complexity index is 558. The molecular weight excluding hydrogens is 351 g/mol. The van der Waals surface area contributed by atoms with E-state index >= 15 is 0 Å². The van der Waals surface area contributed by atoms with Gasteiger partial charge in [-0.3, -0.25) is 4.79 Å². The average molecular weight is 373 g/mol. The van der Waals surface area contributed by atoms with Gasteiger partial charge in [-0.2, -0.15) is 0 Å². The van der Waals surface area contributed by atoms with Crippen molar-refractivity contribution >= 4 is 40.9 Å². The highest BCUT2D eigenvalue weighted by Gasteiger charge is 2.25. The van der Waals surface area contributed by atoms with Crippen LogP contribution in [0.2, 0.25) is 10.0 Å². The van der Waals surface area contributed by atoms with Crippen LogP contribution in [-0.2, 0) is 4.79 Å². The number of nitrogens with one attached hydrogen (secondary N) is 1. The molecule has 3 nitrogen and oxygen atoms in total. The number of carbonyl (C=O) groups excluding carboxylic acids is 1. The van der Waals surface area contributed by atoms with Crippen molar-refractivity contribution in [3.63, 3.8) is 0 Å². The molecule has 126 valence electrons. The molecule has 1 N–H and O–H groups in total. The van der Waals surface area contributed by atoms with Gasteiger partial charge in [0, 0.05) is 29.0 Å². The van der Waals surface area contributed by atoms with E-state index in [4.69, 9.17) is 23.2 Å². The van der Waals surface area contributed by atoms with E-state index in [2.05, 4.69) is 5.32 Å². The first-order valence-electron chi connectivity index (χ1n) is 8.21. The van der Waals surface area contributed by atoms with E-state index in [1.807, 2.05) is 11.0 Å². The van der Waals surface area contributed by atoms with Crippen molar-refractivity contribution in [2.45, 2.75) is 36.6 Å². The molecule has 1 saturated carbocycles. The Labute approximate surface area is 152 Å². The smallest absolute Gasteiger partial charge is 0.232 e. The van der Waals surface area contributed by atoms with Gasteiger partial charge >= 0.3 is 0 Å². The Morgan fingerprint density at radius 2 is 1.96 bits per heavy atom. The maximum Gasteiger partial charge on any atom is 0.232 e. The number of thioether (sulfide) groups is 1. The van der Waals surface area contributed by atoms with E-state index in [0.29, 0.717) is 21.8 Å². The van der Waals surface area contributed by atoms with Crippen molar-refractivity contribution in [3.05, 3.63) is 28.2 Å². The van der Waals surface area contributed by atoms with Crippen LogP contribution in [0.5, 0.6) is 0 Å². The molecule has 1 aliphatic heterocycles. The largest absolute Gasteiger partial charge is 0.342 e. The monoisotopic (exact) mass is 372 g/mol. The van der Waals surface area contributed by atoms with E-state index in [1.54, 1.807) is 12.1 Å². The molecule has 6 heteroatoms. The van der Waals surface area contributed by atoms with Crippen LogP contribution in [0.4, 0.5) is 0 Å². The summed E-state index contributed by atoms with van der Waals surface area (Å²) in [5, 5.41) is 4.93. The number of benzene rings is 1. The Morgan fingerprint density at radius 3 is 2.65 bits per heavy atom. The van der Waals surface area contributed by atoms with Gasteiger partial charge in [0.1, 0.15) is 0 Å². The van der Waals surface area contributed by atoms with Gasteiger partial charge in [0.25, 0.3) is 0 Å². The zero-order chi connectivity index (χ0) is 16.2. The summed E-state index contributed by atoms with van der Waals surface area (Å²) in [5.41, 5.74) is 0. The first-order chi connectivity index (χ1) is 11.1. The van der Waals surface area contributed by atoms with E-state index in [0.717, 1.165) is 43.3 Å². The molecule has 1 aromatic rings. The van der Waals surface area contributed by atoms with Gasteiger partial charge in [-0.05, 0) is 56.3 Å². The van der Waals surface area contributed by atoms with Crippen molar-refractivity contribution in [2.24, 2.45) is 5.92 Å². The van der Waals surface area contributed by atoms with Crippen molar-refractivity contribution in [1.29, 1.82) is 0 Å². The lowest BCUT2D eigenvalue weighted by Crippen LogP contribution is -2.45. The minimum atomic E-state index is 0.187. The molecule has 1 amide bonds. The lowest BCUT2D eigenvalue weighted by Gasteiger charge is -2.32. The molecule has 0 bridgehead atoms. The molecule has 2 fully saturated rings. The molecule has 0 spiro atoms. The summed E-state index contributed by atoms with van der Waals surface area (Å²) < 4.78 is 0. The summed E-state index contributed by atoms with van der Waals surface area (Å²) >= 11 is 13.6. The Balaban J connectivity index is 1.41. The van der Waals surface area contributed by atoms with Crippen LogP contribution in [-0.4, -0.2) is 42.2 Å². The average Bonchev–Trinajstić information content (AvgIpc) is 3.38. The number of halogens is 2. The number of rotatable bonds is 6. The van der Waals surface area contributed by atoms with Crippen LogP contribution in [0.25, 0.3) is 0 Å². The molecule has 1 heterocycles. The van der Waals surface area contributed by atoms with Crippen LogP contribution in [0.1, 0.15) is 25.7 Å². The van der Waals surface area contributed by atoms with Gasteiger partial charge in [-0.15, -0.1) is 11.8 Å². The van der Waals surface area contributed by atoms with Crippen molar-refractivity contribution in [2.75, 3.05) is 25.4 Å². The van der Waals surface area contributed by atoms with Crippen molar-refractivity contribution < 1.29 is 4.79 Å². The molecule has 2 aliphatic rings. The molecule has 3 rings (SSSR count). The van der Waals surface area contributed by atoms with Crippen molar-refractivity contribution in [3.8, 4) is 0 Å². The van der Waals surface area contributed by atoms with Crippen LogP contribution < -0.4 is 5.32 Å². The molecule has 23 heavy (non-hydrogen) atoms. The molecule has 0 radical (unpaired) electrons. The second-order valence-corrected chi connectivity index (χ2v) is 8.23. The fourth-order valence-corrected chi connectivity index (χ4v) is 4.20. The first kappa shape index (κ1) is 17.4. The summed E-state index contributed by atoms with van der Waals surface area (Å²) in [6.07, 6.45) is 4.88. The topological polar surface area (TPSA) is 32.3 Å². The van der Waals surface area contributed by atoms with E-state index in [9.17, 15) is 4.79 Å². The zero-order valence-electron chi connectivity index (χ0n) is 13.1. The molecule has 1 aromatic carbocycles. The fraction of sp³-hybridized carbons (Fsp3) is 0.588. The van der Waals surface area contributed by atoms with Gasteiger partial charge in [0.15, 0.2) is 0 Å². The van der Waals surface area contributed by atoms with E-state index in [-0.39, 0.29) is 5.91 Å². The fourth-order valence-electron chi connectivity index (χ4n) is 2.81. The summed E-state index contributed by atoms with van der Waals surface area (Å²) in [7, 11) is 0. The number of likely N-dealkylation sites (tertiary alicyclic amines) is 1. The number of amides is 1. The van der Waals surface area contributed by atoms with Crippen LogP contribution in [0.15, 0.2) is 23.1 Å². The van der Waals surface area contributed by atoms with Gasteiger partial charge in [-0.25, -0.2) is 0 Å². The second kappa shape index (κ2) is 8.11. The summed E-state index contributed by atoms with van der Waals surface area (Å²) in [6, 6.07) is 5.92. The number of carbonyl (C=O) groups is 1. The molecule has 0 atom stereocenters. The van der Waals surface area contributed by atoms with Crippen LogP contribution >= 0.6 is 35.0 Å². The lowest BCUT2D eigenvalue weighted by molar-refractivity contribution is -0.129. The van der Waals surface area contributed by atoms with Gasteiger partial charge in [0.2, 0.25) is 5.91 Å². The summed E-state index contributed by atoms with van der Waals surface area (Å²) in [5.74, 6) is 1.51. The highest BCUT2D eigenvalue weighted by molar-refractivity contribution is 8.00. The maximum absolute atomic E-state index is 12.4. The lowest BCUT2D eigenvalue weighted by atomic mass is 10.0. The predicted octanol–water partition coefficient (Wildman–Crippen LogP) is 4.08. The van der Waals surface area contributed by atoms with Gasteiger partial charge < -0.3 is 10.2 Å². The Morgan fingerprint density at radius 1 is 1.22 bits per heavy atom. The number of hydrogen-bond donors (Lipinski definition) is 1. The van der Waals surface area contributed by atoms with Crippen molar-refractivity contribution in [1.82, 2.24) is 10.2 Å². The number of piperidine rings is 1. The molecular formula is C17H22Cl2N2OS. The molecule has 1 aliphatic carbocycles. The minimum absolute atomic E-state index is 0.187. The Hall–Kier alpha value is -0.420. The first-order valence-corrected chi connectivity index (χ1v) is 9.95.